The van der Waals surface area contributed by atoms with Gasteiger partial charge in [0.2, 0.25) is 0 Å². The number of hydrogen-bond acceptors (Lipinski definition) is 4. The van der Waals surface area contributed by atoms with E-state index in [0.717, 1.165) is 6.42 Å². The third-order valence-electron chi connectivity index (χ3n) is 3.42. The number of nitro groups is 1. The molecule has 1 aromatic carbocycles. The van der Waals surface area contributed by atoms with Crippen molar-refractivity contribution >= 4 is 23.2 Å². The average molecular weight is 284 g/mol. The van der Waals surface area contributed by atoms with Gasteiger partial charge in [-0.05, 0) is 19.4 Å². The predicted octanol–water partition coefficient (Wildman–Crippen LogP) is 1.81. The Hall–Kier alpha value is -1.66. The minimum Gasteiger partial charge on any atom is -0.334 e. The van der Waals surface area contributed by atoms with Crippen LogP contribution in [0.25, 0.3) is 0 Å². The molecule has 0 bridgehead atoms. The van der Waals surface area contributed by atoms with Crippen LogP contribution in [0, 0.1) is 10.1 Å². The van der Waals surface area contributed by atoms with E-state index >= 15 is 0 Å². The summed E-state index contributed by atoms with van der Waals surface area (Å²) >= 11 is 5.81. The van der Waals surface area contributed by atoms with Gasteiger partial charge in [-0.2, -0.15) is 0 Å². The Morgan fingerprint density at radius 2 is 2.21 bits per heavy atom. The zero-order chi connectivity index (χ0) is 14.2. The van der Waals surface area contributed by atoms with Gasteiger partial charge in [0, 0.05) is 41.3 Å². The van der Waals surface area contributed by atoms with Gasteiger partial charge >= 0.3 is 0 Å². The predicted molar refractivity (Wildman–Crippen MR) is 71.2 cm³/mol. The number of nitro benzene ring substituents is 1. The van der Waals surface area contributed by atoms with Gasteiger partial charge in [-0.1, -0.05) is 11.6 Å². The topological polar surface area (TPSA) is 89.5 Å². The van der Waals surface area contributed by atoms with Crippen LogP contribution in [-0.2, 0) is 0 Å². The Morgan fingerprint density at radius 1 is 1.53 bits per heavy atom. The molecular weight excluding hydrogens is 270 g/mol. The fourth-order valence-corrected chi connectivity index (χ4v) is 2.45. The van der Waals surface area contributed by atoms with E-state index in [1.807, 2.05) is 6.92 Å². The van der Waals surface area contributed by atoms with Crippen LogP contribution in [-0.4, -0.2) is 34.4 Å². The maximum absolute atomic E-state index is 12.3. The molecule has 1 aromatic rings. The summed E-state index contributed by atoms with van der Waals surface area (Å²) in [6, 6.07) is 3.76. The number of hydrogen-bond donors (Lipinski definition) is 1. The molecule has 6 nitrogen and oxygen atoms in total. The molecular formula is C12H14ClN3O3. The summed E-state index contributed by atoms with van der Waals surface area (Å²) in [4.78, 5) is 24.1. The molecule has 102 valence electrons. The standard InChI is InChI=1S/C12H14ClN3O3/c1-7-11(14)2-3-15(7)12(17)8-4-9(13)6-10(5-8)16(18)19/h4-7,11H,2-3,14H2,1H3. The maximum Gasteiger partial charge on any atom is 0.271 e. The Balaban J connectivity index is 2.31. The smallest absolute Gasteiger partial charge is 0.271 e. The number of amides is 1. The van der Waals surface area contributed by atoms with Crippen LogP contribution in [0.4, 0.5) is 5.69 Å². The third kappa shape index (κ3) is 2.69. The third-order valence-corrected chi connectivity index (χ3v) is 3.63. The van der Waals surface area contributed by atoms with Crippen molar-refractivity contribution in [3.63, 3.8) is 0 Å². The second kappa shape index (κ2) is 5.14. The van der Waals surface area contributed by atoms with Crippen molar-refractivity contribution in [2.45, 2.75) is 25.4 Å². The highest BCUT2D eigenvalue weighted by Gasteiger charge is 2.32. The van der Waals surface area contributed by atoms with Gasteiger partial charge in [0.25, 0.3) is 11.6 Å². The summed E-state index contributed by atoms with van der Waals surface area (Å²) in [6.45, 7) is 2.43. The summed E-state index contributed by atoms with van der Waals surface area (Å²) in [7, 11) is 0. The van der Waals surface area contributed by atoms with Crippen LogP contribution in [0.2, 0.25) is 5.02 Å². The first kappa shape index (κ1) is 13.8. The molecule has 0 saturated carbocycles. The summed E-state index contributed by atoms with van der Waals surface area (Å²) < 4.78 is 0. The monoisotopic (exact) mass is 283 g/mol. The van der Waals surface area contributed by atoms with Crippen LogP contribution in [0.1, 0.15) is 23.7 Å². The quantitative estimate of drug-likeness (QED) is 0.662. The van der Waals surface area contributed by atoms with E-state index < -0.39 is 4.92 Å². The second-order valence-electron chi connectivity index (χ2n) is 4.65. The number of benzene rings is 1. The van der Waals surface area contributed by atoms with Crippen LogP contribution in [0.5, 0.6) is 0 Å². The Kier molecular flexibility index (Phi) is 3.73. The van der Waals surface area contributed by atoms with Crippen LogP contribution < -0.4 is 5.73 Å². The average Bonchev–Trinajstić information content (AvgIpc) is 2.68. The van der Waals surface area contributed by atoms with Gasteiger partial charge in [0.15, 0.2) is 0 Å². The SMILES string of the molecule is CC1C(N)CCN1C(=O)c1cc(Cl)cc([N+](=O)[O-])c1. The van der Waals surface area contributed by atoms with Gasteiger partial charge in [-0.25, -0.2) is 0 Å². The van der Waals surface area contributed by atoms with Crippen molar-refractivity contribution in [1.82, 2.24) is 4.90 Å². The first-order valence-corrected chi connectivity index (χ1v) is 6.29. The highest BCUT2D eigenvalue weighted by molar-refractivity contribution is 6.31. The summed E-state index contributed by atoms with van der Waals surface area (Å²) in [5.41, 5.74) is 5.90. The van der Waals surface area contributed by atoms with E-state index in [-0.39, 0.29) is 34.3 Å². The maximum atomic E-state index is 12.3. The molecule has 0 aliphatic carbocycles. The highest BCUT2D eigenvalue weighted by atomic mass is 35.5. The Labute approximate surface area is 115 Å². The molecule has 19 heavy (non-hydrogen) atoms. The number of carbonyl (C=O) groups is 1. The summed E-state index contributed by atoms with van der Waals surface area (Å²) in [6.07, 6.45) is 0.732. The number of carbonyl (C=O) groups excluding carboxylic acids is 1. The van der Waals surface area contributed by atoms with Gasteiger partial charge < -0.3 is 10.6 Å². The lowest BCUT2D eigenvalue weighted by molar-refractivity contribution is -0.384. The molecule has 1 fully saturated rings. The lowest BCUT2D eigenvalue weighted by Gasteiger charge is -2.23. The fourth-order valence-electron chi connectivity index (χ4n) is 2.22. The number of rotatable bonds is 2. The molecule has 1 heterocycles. The van der Waals surface area contributed by atoms with Crippen LogP contribution in [0.3, 0.4) is 0 Å². The van der Waals surface area contributed by atoms with E-state index in [1.54, 1.807) is 4.90 Å². The van der Waals surface area contributed by atoms with Gasteiger partial charge in [-0.3, -0.25) is 14.9 Å². The lowest BCUT2D eigenvalue weighted by Crippen LogP contribution is -2.40. The van der Waals surface area contributed by atoms with E-state index in [0.29, 0.717) is 6.54 Å². The van der Waals surface area contributed by atoms with Crippen molar-refractivity contribution < 1.29 is 9.72 Å². The Bertz CT molecular complexity index is 535. The molecule has 0 spiro atoms. The zero-order valence-electron chi connectivity index (χ0n) is 10.4. The molecule has 1 aliphatic heterocycles. The molecule has 7 heteroatoms. The molecule has 1 saturated heterocycles. The normalized spacial score (nSPS) is 22.6. The summed E-state index contributed by atoms with van der Waals surface area (Å²) in [5.74, 6) is -0.272. The number of nitrogens with two attached hydrogens (primary N) is 1. The molecule has 2 N–H and O–H groups in total. The number of non-ortho nitro benzene ring substituents is 1. The van der Waals surface area contributed by atoms with Gasteiger partial charge in [-0.15, -0.1) is 0 Å². The molecule has 1 aliphatic rings. The molecule has 1 amide bonds. The first-order valence-electron chi connectivity index (χ1n) is 5.91. The molecule has 2 rings (SSSR count). The van der Waals surface area contributed by atoms with Crippen LogP contribution in [0.15, 0.2) is 18.2 Å². The van der Waals surface area contributed by atoms with E-state index in [1.165, 1.54) is 18.2 Å². The molecule has 0 aromatic heterocycles. The largest absolute Gasteiger partial charge is 0.334 e. The number of halogens is 1. The second-order valence-corrected chi connectivity index (χ2v) is 5.08. The van der Waals surface area contributed by atoms with Crippen molar-refractivity contribution in [1.29, 1.82) is 0 Å². The zero-order valence-corrected chi connectivity index (χ0v) is 11.1. The van der Waals surface area contributed by atoms with E-state index in [9.17, 15) is 14.9 Å². The number of likely N-dealkylation sites (tertiary alicyclic amines) is 1. The van der Waals surface area contributed by atoms with Crippen molar-refractivity contribution in [3.8, 4) is 0 Å². The minimum absolute atomic E-state index is 0.0573. The van der Waals surface area contributed by atoms with E-state index in [2.05, 4.69) is 0 Å². The van der Waals surface area contributed by atoms with Crippen molar-refractivity contribution in [2.75, 3.05) is 6.54 Å². The molecule has 2 unspecified atom stereocenters. The fraction of sp³-hybridized carbons (Fsp3) is 0.417. The van der Waals surface area contributed by atoms with Gasteiger partial charge in [0.1, 0.15) is 0 Å². The lowest BCUT2D eigenvalue weighted by atomic mass is 10.1. The van der Waals surface area contributed by atoms with Gasteiger partial charge in [0.05, 0.1) is 4.92 Å². The summed E-state index contributed by atoms with van der Waals surface area (Å²) in [5, 5.41) is 10.9. The van der Waals surface area contributed by atoms with Crippen molar-refractivity contribution in [3.05, 3.63) is 38.9 Å². The highest BCUT2D eigenvalue weighted by Crippen LogP contribution is 2.24. The number of nitrogens with zero attached hydrogens (tertiary/aromatic N) is 2. The van der Waals surface area contributed by atoms with Crippen molar-refractivity contribution in [2.24, 2.45) is 5.73 Å². The van der Waals surface area contributed by atoms with E-state index in [4.69, 9.17) is 17.3 Å². The Morgan fingerprint density at radius 3 is 2.74 bits per heavy atom. The molecule has 2 atom stereocenters. The first-order chi connectivity index (χ1) is 8.90. The minimum atomic E-state index is -0.568. The molecule has 0 radical (unpaired) electrons. The van der Waals surface area contributed by atoms with Crippen LogP contribution >= 0.6 is 11.6 Å².